The minimum atomic E-state index is 0.427. The van der Waals surface area contributed by atoms with Gasteiger partial charge in [-0.1, -0.05) is 11.6 Å². The minimum absolute atomic E-state index is 0.427. The molecule has 1 aliphatic rings. The maximum Gasteiger partial charge on any atom is 0.134 e. The van der Waals surface area contributed by atoms with Gasteiger partial charge in [0, 0.05) is 6.54 Å². The zero-order valence-corrected chi connectivity index (χ0v) is 13.6. The number of hydrogen-bond acceptors (Lipinski definition) is 5. The third-order valence-electron chi connectivity index (χ3n) is 4.13. The Morgan fingerprint density at radius 3 is 2.48 bits per heavy atom. The van der Waals surface area contributed by atoms with Crippen LogP contribution in [0.3, 0.4) is 0 Å². The van der Waals surface area contributed by atoms with E-state index in [0.717, 1.165) is 30.3 Å². The molecular formula is C17H24N4O2. The molecule has 6 heteroatoms. The minimum Gasteiger partial charge on any atom is -0.497 e. The summed E-state index contributed by atoms with van der Waals surface area (Å²) in [6.45, 7) is 4.78. The highest BCUT2D eigenvalue weighted by Gasteiger charge is 2.10. The van der Waals surface area contributed by atoms with Crippen LogP contribution < -0.4 is 9.47 Å². The summed E-state index contributed by atoms with van der Waals surface area (Å²) in [6.07, 6.45) is 5.97. The molecule has 0 atom stereocenters. The van der Waals surface area contributed by atoms with Gasteiger partial charge in [-0.2, -0.15) is 0 Å². The number of aromatic nitrogens is 3. The lowest BCUT2D eigenvalue weighted by Crippen LogP contribution is -2.32. The highest BCUT2D eigenvalue weighted by atomic mass is 16.5. The summed E-state index contributed by atoms with van der Waals surface area (Å²) in [6, 6.07) is 7.54. The third kappa shape index (κ3) is 4.69. The highest BCUT2D eigenvalue weighted by Crippen LogP contribution is 2.17. The first-order valence-corrected chi connectivity index (χ1v) is 8.22. The number of ether oxygens (including phenoxy) is 2. The van der Waals surface area contributed by atoms with Crippen LogP contribution in [0, 0.1) is 0 Å². The fraction of sp³-hybridized carbons (Fsp3) is 0.529. The fourth-order valence-corrected chi connectivity index (χ4v) is 2.77. The number of likely N-dealkylation sites (tertiary alicyclic amines) is 1. The van der Waals surface area contributed by atoms with E-state index in [0.29, 0.717) is 6.61 Å². The van der Waals surface area contributed by atoms with Crippen molar-refractivity contribution >= 4 is 0 Å². The maximum absolute atomic E-state index is 5.72. The van der Waals surface area contributed by atoms with Crippen LogP contribution in [0.15, 0.2) is 30.5 Å². The van der Waals surface area contributed by atoms with Gasteiger partial charge in [0.1, 0.15) is 23.8 Å². The van der Waals surface area contributed by atoms with Crippen LogP contribution in [0.2, 0.25) is 0 Å². The average molecular weight is 316 g/mol. The SMILES string of the molecule is COc1ccc(OCc2cn(CCN3CCCCC3)nn2)cc1. The Bertz CT molecular complexity index is 591. The average Bonchev–Trinajstić information content (AvgIpc) is 3.07. The molecule has 0 spiro atoms. The van der Waals surface area contributed by atoms with Gasteiger partial charge in [-0.15, -0.1) is 5.10 Å². The number of rotatable bonds is 7. The topological polar surface area (TPSA) is 52.4 Å². The molecule has 0 saturated carbocycles. The Morgan fingerprint density at radius 1 is 1.00 bits per heavy atom. The molecule has 124 valence electrons. The molecule has 2 heterocycles. The monoisotopic (exact) mass is 316 g/mol. The molecule has 6 nitrogen and oxygen atoms in total. The van der Waals surface area contributed by atoms with Crippen LogP contribution in [0.25, 0.3) is 0 Å². The predicted octanol–water partition coefficient (Wildman–Crippen LogP) is 2.35. The Balaban J connectivity index is 1.44. The highest BCUT2D eigenvalue weighted by molar-refractivity contribution is 5.31. The molecule has 1 aliphatic heterocycles. The molecule has 0 amide bonds. The molecule has 1 fully saturated rings. The summed E-state index contributed by atoms with van der Waals surface area (Å²) in [5, 5.41) is 8.35. The van der Waals surface area contributed by atoms with Crippen molar-refractivity contribution < 1.29 is 9.47 Å². The van der Waals surface area contributed by atoms with Crippen LogP contribution in [-0.2, 0) is 13.2 Å². The summed E-state index contributed by atoms with van der Waals surface area (Å²) in [5.74, 6) is 1.62. The normalized spacial score (nSPS) is 15.5. The molecule has 1 saturated heterocycles. The number of benzene rings is 1. The molecule has 0 aliphatic carbocycles. The van der Waals surface area contributed by atoms with Crippen LogP contribution in [0.1, 0.15) is 25.0 Å². The van der Waals surface area contributed by atoms with Crippen LogP contribution in [0.5, 0.6) is 11.5 Å². The van der Waals surface area contributed by atoms with E-state index < -0.39 is 0 Å². The molecular weight excluding hydrogens is 292 g/mol. The third-order valence-corrected chi connectivity index (χ3v) is 4.13. The summed E-state index contributed by atoms with van der Waals surface area (Å²) >= 11 is 0. The van der Waals surface area contributed by atoms with Gasteiger partial charge in [0.25, 0.3) is 0 Å². The van der Waals surface area contributed by atoms with E-state index in [1.165, 1.54) is 32.4 Å². The van der Waals surface area contributed by atoms with E-state index in [1.54, 1.807) is 7.11 Å². The molecule has 3 rings (SSSR count). The summed E-state index contributed by atoms with van der Waals surface area (Å²) in [7, 11) is 1.65. The molecule has 0 radical (unpaired) electrons. The smallest absolute Gasteiger partial charge is 0.134 e. The number of nitrogens with zero attached hydrogens (tertiary/aromatic N) is 4. The van der Waals surface area contributed by atoms with Crippen molar-refractivity contribution in [2.75, 3.05) is 26.7 Å². The van der Waals surface area contributed by atoms with E-state index >= 15 is 0 Å². The molecule has 0 N–H and O–H groups in total. The molecule has 1 aromatic carbocycles. The Hall–Kier alpha value is -2.08. The van der Waals surface area contributed by atoms with Crippen molar-refractivity contribution in [3.8, 4) is 11.5 Å². The number of piperidine rings is 1. The maximum atomic E-state index is 5.72. The summed E-state index contributed by atoms with van der Waals surface area (Å²) in [4.78, 5) is 2.50. The van der Waals surface area contributed by atoms with E-state index in [-0.39, 0.29) is 0 Å². The zero-order valence-electron chi connectivity index (χ0n) is 13.6. The lowest BCUT2D eigenvalue weighted by molar-refractivity contribution is 0.217. The van der Waals surface area contributed by atoms with E-state index in [4.69, 9.17) is 9.47 Å². The van der Waals surface area contributed by atoms with Crippen LogP contribution in [-0.4, -0.2) is 46.6 Å². The second-order valence-electron chi connectivity index (χ2n) is 5.84. The van der Waals surface area contributed by atoms with Crippen molar-refractivity contribution in [3.05, 3.63) is 36.2 Å². The van der Waals surface area contributed by atoms with Crippen molar-refractivity contribution in [3.63, 3.8) is 0 Å². The summed E-state index contributed by atoms with van der Waals surface area (Å²) in [5.41, 5.74) is 0.847. The first-order chi connectivity index (χ1) is 11.3. The van der Waals surface area contributed by atoms with Crippen molar-refractivity contribution in [2.45, 2.75) is 32.4 Å². The van der Waals surface area contributed by atoms with Gasteiger partial charge in [0.2, 0.25) is 0 Å². The second-order valence-corrected chi connectivity index (χ2v) is 5.84. The Morgan fingerprint density at radius 2 is 1.74 bits per heavy atom. The first-order valence-electron chi connectivity index (χ1n) is 8.22. The van der Waals surface area contributed by atoms with Gasteiger partial charge < -0.3 is 14.4 Å². The molecule has 23 heavy (non-hydrogen) atoms. The predicted molar refractivity (Wildman–Crippen MR) is 87.6 cm³/mol. The largest absolute Gasteiger partial charge is 0.497 e. The summed E-state index contributed by atoms with van der Waals surface area (Å²) < 4.78 is 12.7. The fourth-order valence-electron chi connectivity index (χ4n) is 2.77. The molecule has 0 unspecified atom stereocenters. The second kappa shape index (κ2) is 7.97. The lowest BCUT2D eigenvalue weighted by atomic mass is 10.1. The van der Waals surface area contributed by atoms with Crippen LogP contribution >= 0.6 is 0 Å². The van der Waals surface area contributed by atoms with Gasteiger partial charge in [-0.25, -0.2) is 0 Å². The lowest BCUT2D eigenvalue weighted by Gasteiger charge is -2.25. The van der Waals surface area contributed by atoms with Gasteiger partial charge >= 0.3 is 0 Å². The number of hydrogen-bond donors (Lipinski definition) is 0. The zero-order chi connectivity index (χ0) is 15.9. The quantitative estimate of drug-likeness (QED) is 0.785. The van der Waals surface area contributed by atoms with Gasteiger partial charge in [-0.05, 0) is 50.2 Å². The van der Waals surface area contributed by atoms with Gasteiger partial charge in [0.15, 0.2) is 0 Å². The molecule has 1 aromatic heterocycles. The number of methoxy groups -OCH3 is 1. The van der Waals surface area contributed by atoms with E-state index in [1.807, 2.05) is 35.1 Å². The van der Waals surface area contributed by atoms with Crippen LogP contribution in [0.4, 0.5) is 0 Å². The standard InChI is InChI=1S/C17H24N4O2/c1-22-16-5-7-17(8-6-16)23-14-15-13-21(19-18-15)12-11-20-9-3-2-4-10-20/h5-8,13H,2-4,9-12,14H2,1H3. The first kappa shape index (κ1) is 15.8. The van der Waals surface area contributed by atoms with E-state index in [9.17, 15) is 0 Å². The van der Waals surface area contributed by atoms with Gasteiger partial charge in [-0.3, -0.25) is 4.68 Å². The molecule has 2 aromatic rings. The Labute approximate surface area is 137 Å². The van der Waals surface area contributed by atoms with Crippen molar-refractivity contribution in [2.24, 2.45) is 0 Å². The van der Waals surface area contributed by atoms with Crippen molar-refractivity contribution in [1.29, 1.82) is 0 Å². The van der Waals surface area contributed by atoms with Crippen molar-refractivity contribution in [1.82, 2.24) is 19.9 Å². The molecule has 0 bridgehead atoms. The van der Waals surface area contributed by atoms with Gasteiger partial charge in [0.05, 0.1) is 19.9 Å². The van der Waals surface area contributed by atoms with E-state index in [2.05, 4.69) is 15.2 Å². The Kier molecular flexibility index (Phi) is 5.47.